The first kappa shape index (κ1) is 34.7. The van der Waals surface area contributed by atoms with E-state index >= 15 is 0 Å². The monoisotopic (exact) mass is 342 g/mol. The van der Waals surface area contributed by atoms with Crippen LogP contribution < -0.4 is 0 Å². The quantitative estimate of drug-likeness (QED) is 0.384. The zero-order valence-corrected chi connectivity index (χ0v) is 19.4. The molecule has 0 heterocycles. The summed E-state index contributed by atoms with van der Waals surface area (Å²) < 4.78 is 0. The molecule has 0 unspecified atom stereocenters. The molecule has 0 radical (unpaired) electrons. The largest absolute Gasteiger partial charge is 0.0911 e. The molecule has 0 saturated carbocycles. The maximum absolute atomic E-state index is 2.24. The molecule has 0 saturated heterocycles. The lowest BCUT2D eigenvalue weighted by atomic mass is 9.94. The molecule has 0 atom stereocenters. The van der Waals surface area contributed by atoms with Gasteiger partial charge >= 0.3 is 0 Å². The van der Waals surface area contributed by atoms with Crippen molar-refractivity contribution < 1.29 is 0 Å². The van der Waals surface area contributed by atoms with Gasteiger partial charge < -0.3 is 0 Å². The predicted octanol–water partition coefficient (Wildman–Crippen LogP) is 9.71. The van der Waals surface area contributed by atoms with Crippen molar-refractivity contribution >= 4 is 0 Å². The SMILES string of the molecule is C.CC(C)(C)C.CC=C(C)C.CC=CC(C)(C)C.CCC(C)(C)C. The third kappa shape index (κ3) is 125. The molecule has 0 amide bonds. The third-order valence-electron chi connectivity index (χ3n) is 2.30. The van der Waals surface area contributed by atoms with Gasteiger partial charge in [-0.2, -0.15) is 0 Å². The Morgan fingerprint density at radius 2 is 0.958 bits per heavy atom. The summed E-state index contributed by atoms with van der Waals surface area (Å²) in [5.74, 6) is 0. The van der Waals surface area contributed by atoms with E-state index in [9.17, 15) is 0 Å². The number of rotatable bonds is 0. The van der Waals surface area contributed by atoms with Crippen LogP contribution in [0.5, 0.6) is 0 Å². The predicted molar refractivity (Wildman–Crippen MR) is 121 cm³/mol. The van der Waals surface area contributed by atoms with Gasteiger partial charge in [-0.25, -0.2) is 0 Å². The zero-order chi connectivity index (χ0) is 19.9. The zero-order valence-electron chi connectivity index (χ0n) is 19.4. The van der Waals surface area contributed by atoms with E-state index in [0.29, 0.717) is 16.2 Å². The standard InChI is InChI=1S/C7H14.C6H14.C5H12.C5H10.CH4/c1-5-6-7(2,3)4;1-5-6(2,3)4;1-5(2,3)4;1-4-5(2)3;/h5-6H,1-4H3;5H2,1-4H3;1-4H3;4H,1-3H3;1H4. The highest BCUT2D eigenvalue weighted by molar-refractivity contribution is 4.89. The van der Waals surface area contributed by atoms with Crippen LogP contribution in [0.4, 0.5) is 0 Å². The highest BCUT2D eigenvalue weighted by Gasteiger charge is 2.03. The first-order valence-corrected chi connectivity index (χ1v) is 9.13. The van der Waals surface area contributed by atoms with Gasteiger partial charge in [0.05, 0.1) is 0 Å². The van der Waals surface area contributed by atoms with Crippen LogP contribution in [0, 0.1) is 16.2 Å². The first-order chi connectivity index (χ1) is 9.89. The van der Waals surface area contributed by atoms with E-state index in [1.807, 2.05) is 13.8 Å². The Kier molecular flexibility index (Phi) is 25.1. The molecule has 0 fully saturated rings. The van der Waals surface area contributed by atoms with E-state index in [1.165, 1.54) is 12.0 Å². The Bertz CT molecular complexity index is 271. The van der Waals surface area contributed by atoms with E-state index in [-0.39, 0.29) is 7.43 Å². The lowest BCUT2D eigenvalue weighted by Gasteiger charge is -2.12. The summed E-state index contributed by atoms with van der Waals surface area (Å²) in [5, 5.41) is 0. The van der Waals surface area contributed by atoms with Crippen molar-refractivity contribution in [2.24, 2.45) is 16.2 Å². The van der Waals surface area contributed by atoms with Crippen LogP contribution in [0.2, 0.25) is 0 Å². The molecule has 0 aromatic heterocycles. The number of allylic oxidation sites excluding steroid dienone is 4. The van der Waals surface area contributed by atoms with Crippen LogP contribution >= 0.6 is 0 Å². The number of hydrogen-bond donors (Lipinski definition) is 0. The van der Waals surface area contributed by atoms with Gasteiger partial charge in [0, 0.05) is 0 Å². The van der Waals surface area contributed by atoms with Crippen LogP contribution in [0.3, 0.4) is 0 Å². The van der Waals surface area contributed by atoms with Gasteiger partial charge in [-0.05, 0) is 43.9 Å². The van der Waals surface area contributed by atoms with E-state index < -0.39 is 0 Å². The Morgan fingerprint density at radius 1 is 0.750 bits per heavy atom. The van der Waals surface area contributed by atoms with Crippen molar-refractivity contribution in [3.63, 3.8) is 0 Å². The Labute approximate surface area is 158 Å². The molecule has 0 rings (SSSR count). The molecule has 0 aromatic carbocycles. The first-order valence-electron chi connectivity index (χ1n) is 9.13. The molecule has 0 aliphatic heterocycles. The van der Waals surface area contributed by atoms with E-state index in [1.54, 1.807) is 0 Å². The fraction of sp³-hybridized carbons (Fsp3) is 0.833. The maximum atomic E-state index is 2.24. The molecular weight excluding hydrogens is 288 g/mol. The average Bonchev–Trinajstić information content (AvgIpc) is 2.25. The molecule has 0 N–H and O–H groups in total. The van der Waals surface area contributed by atoms with Gasteiger partial charge in [0.2, 0.25) is 0 Å². The Balaban J connectivity index is -0.0000000666. The lowest BCUT2D eigenvalue weighted by molar-refractivity contribution is 0.398. The molecule has 24 heavy (non-hydrogen) atoms. The van der Waals surface area contributed by atoms with Crippen LogP contribution in [0.15, 0.2) is 23.8 Å². The van der Waals surface area contributed by atoms with Gasteiger partial charge in [0.25, 0.3) is 0 Å². The van der Waals surface area contributed by atoms with E-state index in [2.05, 4.69) is 108 Å². The lowest BCUT2D eigenvalue weighted by Crippen LogP contribution is -2.00. The van der Waals surface area contributed by atoms with Crippen molar-refractivity contribution in [2.45, 2.75) is 118 Å². The summed E-state index contributed by atoms with van der Waals surface area (Å²) in [6, 6.07) is 0. The fourth-order valence-corrected chi connectivity index (χ4v) is 0.500. The Hall–Kier alpha value is -0.520. The maximum Gasteiger partial charge on any atom is -0.0203 e. The second-order valence-corrected chi connectivity index (χ2v) is 10.1. The summed E-state index contributed by atoms with van der Waals surface area (Å²) in [5.41, 5.74) is 2.79. The highest BCUT2D eigenvalue weighted by atomic mass is 14.1. The summed E-state index contributed by atoms with van der Waals surface area (Å²) in [6.45, 7) is 32.5. The van der Waals surface area contributed by atoms with Crippen molar-refractivity contribution in [3.05, 3.63) is 23.8 Å². The van der Waals surface area contributed by atoms with Crippen molar-refractivity contribution in [1.82, 2.24) is 0 Å². The molecule has 0 nitrogen and oxygen atoms in total. The van der Waals surface area contributed by atoms with Crippen molar-refractivity contribution in [1.29, 1.82) is 0 Å². The van der Waals surface area contributed by atoms with Gasteiger partial charge in [-0.1, -0.05) is 114 Å². The van der Waals surface area contributed by atoms with Crippen LogP contribution in [0.1, 0.15) is 118 Å². The van der Waals surface area contributed by atoms with Gasteiger partial charge in [-0.3, -0.25) is 0 Å². The van der Waals surface area contributed by atoms with Gasteiger partial charge in [0.15, 0.2) is 0 Å². The second-order valence-electron chi connectivity index (χ2n) is 10.1. The summed E-state index contributed by atoms with van der Waals surface area (Å²) >= 11 is 0. The molecular formula is C24H54. The summed E-state index contributed by atoms with van der Waals surface area (Å²) in [7, 11) is 0. The summed E-state index contributed by atoms with van der Waals surface area (Å²) in [6.07, 6.45) is 7.62. The smallest absolute Gasteiger partial charge is 0.0203 e. The minimum atomic E-state index is 0. The fourth-order valence-electron chi connectivity index (χ4n) is 0.500. The van der Waals surface area contributed by atoms with Crippen LogP contribution in [0.25, 0.3) is 0 Å². The topological polar surface area (TPSA) is 0 Å². The minimum absolute atomic E-state index is 0. The van der Waals surface area contributed by atoms with Crippen molar-refractivity contribution in [2.75, 3.05) is 0 Å². The summed E-state index contributed by atoms with van der Waals surface area (Å²) in [4.78, 5) is 0. The van der Waals surface area contributed by atoms with E-state index in [4.69, 9.17) is 0 Å². The van der Waals surface area contributed by atoms with Crippen molar-refractivity contribution in [3.8, 4) is 0 Å². The van der Waals surface area contributed by atoms with Gasteiger partial charge in [0.1, 0.15) is 0 Å². The third-order valence-corrected chi connectivity index (χ3v) is 2.30. The van der Waals surface area contributed by atoms with Crippen LogP contribution in [-0.4, -0.2) is 0 Å². The molecule has 0 aromatic rings. The highest BCUT2D eigenvalue weighted by Crippen LogP contribution is 2.16. The molecule has 0 aliphatic rings. The molecule has 0 heteroatoms. The minimum Gasteiger partial charge on any atom is -0.0911 e. The molecule has 0 bridgehead atoms. The molecule has 0 spiro atoms. The van der Waals surface area contributed by atoms with Gasteiger partial charge in [-0.15, -0.1) is 0 Å². The number of hydrogen-bond acceptors (Lipinski definition) is 0. The molecule has 150 valence electrons. The Morgan fingerprint density at radius 3 is 0.958 bits per heavy atom. The second kappa shape index (κ2) is 17.3. The van der Waals surface area contributed by atoms with E-state index in [0.717, 1.165) is 0 Å². The molecule has 0 aliphatic carbocycles. The average molecular weight is 343 g/mol. The normalized spacial score (nSPS) is 10.8. The van der Waals surface area contributed by atoms with Crippen LogP contribution in [-0.2, 0) is 0 Å².